The maximum Gasteiger partial charge on any atom is 0.411 e. The molecule has 0 unspecified atom stereocenters. The molecule has 0 aliphatic carbocycles. The molecule has 0 saturated carbocycles. The maximum atomic E-state index is 13.5. The number of piperidine rings is 2. The number of anilines is 2. The van der Waals surface area contributed by atoms with Crippen LogP contribution in [0.1, 0.15) is 36.0 Å². The Morgan fingerprint density at radius 3 is 1.96 bits per heavy atom. The molecule has 3 amide bonds. The Balaban J connectivity index is 0.912. The minimum Gasteiger partial charge on any atom is -0.446 e. The number of ether oxygens (including phenoxy) is 1. The standard InChI is InChI=1S/C46H49N5O5/c52-37-21-26-51(27-22-37)32-43(53)48-36-16-9-15-35(31-36)45(54)47-25-30-50-28-23-38(24-29-50)56-46(55)49-42-20-10-19-40(34-13-5-2-6-14-34)44(42)41-18-8-7-17-39(41)33-11-3-1-4-12-33/h1-20,31,37-38,52H,21-30,32H2,(H,47,54)(H,48,53)(H,49,55). The summed E-state index contributed by atoms with van der Waals surface area (Å²) >= 11 is 0. The first-order valence-corrected chi connectivity index (χ1v) is 19.5. The zero-order chi connectivity index (χ0) is 38.7. The van der Waals surface area contributed by atoms with Gasteiger partial charge in [-0.05, 0) is 77.8 Å². The van der Waals surface area contributed by atoms with Crippen LogP contribution >= 0.6 is 0 Å². The van der Waals surface area contributed by atoms with E-state index in [9.17, 15) is 19.5 Å². The van der Waals surface area contributed by atoms with Crippen LogP contribution in [0.25, 0.3) is 33.4 Å². The Bertz CT molecular complexity index is 2090. The second-order valence-electron chi connectivity index (χ2n) is 14.5. The van der Waals surface area contributed by atoms with Crippen LogP contribution in [-0.2, 0) is 9.53 Å². The molecule has 2 fully saturated rings. The lowest BCUT2D eigenvalue weighted by Crippen LogP contribution is -2.42. The zero-order valence-corrected chi connectivity index (χ0v) is 31.5. The lowest BCUT2D eigenvalue weighted by Gasteiger charge is -2.31. The molecule has 288 valence electrons. The van der Waals surface area contributed by atoms with Crippen molar-refractivity contribution in [3.63, 3.8) is 0 Å². The van der Waals surface area contributed by atoms with Crippen molar-refractivity contribution in [3.8, 4) is 33.4 Å². The SMILES string of the molecule is O=C(CN1CCC(O)CC1)Nc1cccc(C(=O)NCCN2CCC(OC(=O)Nc3cccc(-c4ccccc4)c3-c3ccccc3-c3ccccc3)CC2)c1. The van der Waals surface area contributed by atoms with E-state index in [0.717, 1.165) is 46.5 Å². The molecule has 2 aliphatic rings. The number of nitrogens with one attached hydrogen (secondary N) is 3. The monoisotopic (exact) mass is 751 g/mol. The molecular formula is C46H49N5O5. The number of carbonyl (C=O) groups excluding carboxylic acids is 3. The van der Waals surface area contributed by atoms with Crippen molar-refractivity contribution < 1.29 is 24.2 Å². The first-order valence-electron chi connectivity index (χ1n) is 19.5. The predicted octanol–water partition coefficient (Wildman–Crippen LogP) is 7.53. The van der Waals surface area contributed by atoms with E-state index in [1.165, 1.54) is 0 Å². The van der Waals surface area contributed by atoms with Crippen molar-refractivity contribution in [1.82, 2.24) is 15.1 Å². The summed E-state index contributed by atoms with van der Waals surface area (Å²) in [6.45, 7) is 4.25. The molecule has 0 bridgehead atoms. The highest BCUT2D eigenvalue weighted by Crippen LogP contribution is 2.42. The predicted molar refractivity (Wildman–Crippen MR) is 221 cm³/mol. The second kappa shape index (κ2) is 18.7. The van der Waals surface area contributed by atoms with Gasteiger partial charge in [0.05, 0.1) is 18.3 Å². The lowest BCUT2D eigenvalue weighted by atomic mass is 9.88. The van der Waals surface area contributed by atoms with Gasteiger partial charge in [0.1, 0.15) is 6.10 Å². The van der Waals surface area contributed by atoms with Crippen LogP contribution in [0.2, 0.25) is 0 Å². The molecule has 5 aromatic carbocycles. The van der Waals surface area contributed by atoms with Crippen LogP contribution in [0.5, 0.6) is 0 Å². The Hall–Kier alpha value is -5.81. The number of benzene rings is 5. The summed E-state index contributed by atoms with van der Waals surface area (Å²) in [6.07, 6.45) is 1.73. The molecule has 0 aromatic heterocycles. The van der Waals surface area contributed by atoms with Gasteiger partial charge < -0.3 is 25.4 Å². The van der Waals surface area contributed by atoms with Gasteiger partial charge in [0, 0.05) is 56.1 Å². The van der Waals surface area contributed by atoms with Crippen molar-refractivity contribution in [2.24, 2.45) is 0 Å². The second-order valence-corrected chi connectivity index (χ2v) is 14.5. The minimum absolute atomic E-state index is 0.143. The highest BCUT2D eigenvalue weighted by molar-refractivity contribution is 6.02. The average molecular weight is 752 g/mol. The number of likely N-dealkylation sites (tertiary alicyclic amines) is 2. The van der Waals surface area contributed by atoms with Gasteiger partial charge in [-0.15, -0.1) is 0 Å². The number of rotatable bonds is 12. The summed E-state index contributed by atoms with van der Waals surface area (Å²) in [5.74, 6) is -0.349. The first-order chi connectivity index (χ1) is 27.4. The molecule has 10 heteroatoms. The molecule has 2 saturated heterocycles. The van der Waals surface area contributed by atoms with Gasteiger partial charge in [0.15, 0.2) is 0 Å². The van der Waals surface area contributed by atoms with E-state index < -0.39 is 6.09 Å². The summed E-state index contributed by atoms with van der Waals surface area (Å²) in [4.78, 5) is 43.3. The number of amides is 3. The Morgan fingerprint density at radius 1 is 0.643 bits per heavy atom. The largest absolute Gasteiger partial charge is 0.446 e. The van der Waals surface area contributed by atoms with Crippen LogP contribution in [0.3, 0.4) is 0 Å². The fraction of sp³-hybridized carbons (Fsp3) is 0.283. The van der Waals surface area contributed by atoms with Gasteiger partial charge >= 0.3 is 6.09 Å². The molecule has 0 radical (unpaired) electrons. The number of nitrogens with zero attached hydrogens (tertiary/aromatic N) is 2. The van der Waals surface area contributed by atoms with Crippen molar-refractivity contribution >= 4 is 29.3 Å². The number of aliphatic hydroxyl groups excluding tert-OH is 1. The highest BCUT2D eigenvalue weighted by Gasteiger charge is 2.24. The summed E-state index contributed by atoms with van der Waals surface area (Å²) < 4.78 is 5.99. The lowest BCUT2D eigenvalue weighted by molar-refractivity contribution is -0.117. The van der Waals surface area contributed by atoms with Gasteiger partial charge in [0.25, 0.3) is 5.91 Å². The van der Waals surface area contributed by atoms with Crippen molar-refractivity contribution in [2.45, 2.75) is 37.9 Å². The van der Waals surface area contributed by atoms with Gasteiger partial charge in [0.2, 0.25) is 5.91 Å². The third kappa shape index (κ3) is 10.1. The molecule has 7 rings (SSSR count). The molecular weight excluding hydrogens is 703 g/mol. The molecule has 56 heavy (non-hydrogen) atoms. The summed E-state index contributed by atoms with van der Waals surface area (Å²) in [5.41, 5.74) is 7.89. The minimum atomic E-state index is -0.482. The van der Waals surface area contributed by atoms with Crippen molar-refractivity contribution in [3.05, 3.63) is 133 Å². The van der Waals surface area contributed by atoms with Crippen LogP contribution in [-0.4, -0.2) is 90.8 Å². The number of aliphatic hydroxyl groups is 1. The quantitative estimate of drug-likeness (QED) is 0.104. The van der Waals surface area contributed by atoms with E-state index in [0.29, 0.717) is 68.8 Å². The van der Waals surface area contributed by atoms with Gasteiger partial charge in [-0.2, -0.15) is 0 Å². The van der Waals surface area contributed by atoms with Gasteiger partial charge in [-0.3, -0.25) is 19.8 Å². The third-order valence-electron chi connectivity index (χ3n) is 10.5. The first kappa shape index (κ1) is 38.5. The van der Waals surface area contributed by atoms with E-state index in [4.69, 9.17) is 4.74 Å². The van der Waals surface area contributed by atoms with E-state index in [2.05, 4.69) is 63.3 Å². The van der Waals surface area contributed by atoms with Crippen LogP contribution in [0, 0.1) is 0 Å². The average Bonchev–Trinajstić information content (AvgIpc) is 3.23. The van der Waals surface area contributed by atoms with Crippen molar-refractivity contribution in [2.75, 3.05) is 56.4 Å². The van der Waals surface area contributed by atoms with Crippen molar-refractivity contribution in [1.29, 1.82) is 0 Å². The molecule has 0 atom stereocenters. The van der Waals surface area contributed by atoms with E-state index >= 15 is 0 Å². The van der Waals surface area contributed by atoms with E-state index in [1.54, 1.807) is 24.3 Å². The molecule has 2 heterocycles. The molecule has 10 nitrogen and oxygen atoms in total. The number of hydrogen-bond acceptors (Lipinski definition) is 7. The van der Waals surface area contributed by atoms with Crippen LogP contribution in [0.4, 0.5) is 16.2 Å². The van der Waals surface area contributed by atoms with E-state index in [1.807, 2.05) is 65.6 Å². The molecule has 4 N–H and O–H groups in total. The van der Waals surface area contributed by atoms with Gasteiger partial charge in [-0.1, -0.05) is 103 Å². The fourth-order valence-corrected chi connectivity index (χ4v) is 7.57. The topological polar surface area (TPSA) is 123 Å². The summed E-state index contributed by atoms with van der Waals surface area (Å²) in [6, 6.07) is 41.6. The Morgan fingerprint density at radius 2 is 1.25 bits per heavy atom. The smallest absolute Gasteiger partial charge is 0.411 e. The highest BCUT2D eigenvalue weighted by atomic mass is 16.6. The third-order valence-corrected chi connectivity index (χ3v) is 10.5. The fourth-order valence-electron chi connectivity index (χ4n) is 7.57. The number of hydrogen-bond donors (Lipinski definition) is 4. The summed E-state index contributed by atoms with van der Waals surface area (Å²) in [5, 5.41) is 18.7. The molecule has 0 spiro atoms. The maximum absolute atomic E-state index is 13.5. The summed E-state index contributed by atoms with van der Waals surface area (Å²) in [7, 11) is 0. The van der Waals surface area contributed by atoms with Crippen LogP contribution in [0.15, 0.2) is 127 Å². The number of carbonyl (C=O) groups is 3. The van der Waals surface area contributed by atoms with Gasteiger partial charge in [-0.25, -0.2) is 4.79 Å². The Labute approximate surface area is 328 Å². The Kier molecular flexibility index (Phi) is 12.8. The molecule has 5 aromatic rings. The normalized spacial score (nSPS) is 15.5. The van der Waals surface area contributed by atoms with Crippen LogP contribution < -0.4 is 16.0 Å². The van der Waals surface area contributed by atoms with E-state index in [-0.39, 0.29) is 30.6 Å². The zero-order valence-electron chi connectivity index (χ0n) is 31.5. The molecule has 2 aliphatic heterocycles.